The molecule has 16 heavy (non-hydrogen) atoms. The quantitative estimate of drug-likeness (QED) is 0.597. The summed E-state index contributed by atoms with van der Waals surface area (Å²) in [6.07, 6.45) is 1.34. The summed E-state index contributed by atoms with van der Waals surface area (Å²) in [6, 6.07) is 7.27. The number of carbonyl (C=O) groups is 1. The number of aliphatic carboxylic acids is 1. The van der Waals surface area contributed by atoms with Gasteiger partial charge in [0.05, 0.1) is 11.6 Å². The van der Waals surface area contributed by atoms with Gasteiger partial charge in [-0.05, 0) is 17.7 Å². The molecule has 5 heteroatoms. The number of carboxylic acids is 1. The topological polar surface area (TPSA) is 90.5 Å². The Morgan fingerprint density at radius 3 is 2.50 bits per heavy atom. The van der Waals surface area contributed by atoms with E-state index < -0.39 is 12.0 Å². The Hall–Kier alpha value is -2.44. The Kier molecular flexibility index (Phi) is 3.96. The number of carboxylic acid groups (broad SMARTS) is 1. The first-order chi connectivity index (χ1) is 7.67. The minimum absolute atomic E-state index is 0.107. The van der Waals surface area contributed by atoms with Crippen molar-refractivity contribution >= 4 is 12.0 Å². The largest absolute Gasteiger partial charge is 0.480 e. The van der Waals surface area contributed by atoms with Crippen molar-refractivity contribution in [3.05, 3.63) is 35.4 Å². The van der Waals surface area contributed by atoms with Gasteiger partial charge in [0.2, 0.25) is 6.08 Å². The number of hydrogen-bond acceptors (Lipinski definition) is 4. The van der Waals surface area contributed by atoms with Crippen molar-refractivity contribution in [2.75, 3.05) is 0 Å². The average Bonchev–Trinajstić information content (AvgIpc) is 2.29. The SMILES string of the molecule is N#Cc1ccc(CC(N=C=O)C(=O)O)cc1. The molecule has 1 unspecified atom stereocenters. The van der Waals surface area contributed by atoms with E-state index in [2.05, 4.69) is 4.99 Å². The fraction of sp³-hybridized carbons (Fsp3) is 0.182. The van der Waals surface area contributed by atoms with Gasteiger partial charge in [-0.25, -0.2) is 9.59 Å². The van der Waals surface area contributed by atoms with E-state index in [4.69, 9.17) is 10.4 Å². The minimum atomic E-state index is -1.17. The monoisotopic (exact) mass is 216 g/mol. The second-order valence-corrected chi connectivity index (χ2v) is 3.09. The van der Waals surface area contributed by atoms with Crippen molar-refractivity contribution in [2.24, 2.45) is 4.99 Å². The molecule has 1 rings (SSSR count). The molecule has 0 aliphatic heterocycles. The predicted molar refractivity (Wildman–Crippen MR) is 54.4 cm³/mol. The Balaban J connectivity index is 2.82. The molecule has 5 nitrogen and oxygen atoms in total. The van der Waals surface area contributed by atoms with E-state index >= 15 is 0 Å². The van der Waals surface area contributed by atoms with Gasteiger partial charge < -0.3 is 5.11 Å². The first-order valence-corrected chi connectivity index (χ1v) is 4.46. The summed E-state index contributed by atoms with van der Waals surface area (Å²) in [6.45, 7) is 0. The van der Waals surface area contributed by atoms with Gasteiger partial charge in [-0.15, -0.1) is 0 Å². The molecule has 0 fully saturated rings. The fourth-order valence-electron chi connectivity index (χ4n) is 1.19. The van der Waals surface area contributed by atoms with Crippen molar-refractivity contribution in [1.82, 2.24) is 0 Å². The van der Waals surface area contributed by atoms with Crippen LogP contribution < -0.4 is 0 Å². The number of benzene rings is 1. The van der Waals surface area contributed by atoms with Gasteiger partial charge in [0.25, 0.3) is 0 Å². The van der Waals surface area contributed by atoms with E-state index in [0.29, 0.717) is 11.1 Å². The van der Waals surface area contributed by atoms with Gasteiger partial charge in [-0.1, -0.05) is 12.1 Å². The maximum atomic E-state index is 10.7. The van der Waals surface area contributed by atoms with Gasteiger partial charge >= 0.3 is 5.97 Å². The first kappa shape index (κ1) is 11.6. The molecule has 0 aliphatic rings. The van der Waals surface area contributed by atoms with Crippen molar-refractivity contribution in [2.45, 2.75) is 12.5 Å². The van der Waals surface area contributed by atoms with Crippen LogP contribution in [0.4, 0.5) is 0 Å². The van der Waals surface area contributed by atoms with Crippen LogP contribution in [-0.2, 0) is 16.0 Å². The molecule has 0 heterocycles. The minimum Gasteiger partial charge on any atom is -0.480 e. The molecule has 1 aromatic carbocycles. The molecule has 1 N–H and O–H groups in total. The maximum absolute atomic E-state index is 10.7. The molecular formula is C11H8N2O3. The normalized spacial score (nSPS) is 10.9. The third kappa shape index (κ3) is 3.05. The van der Waals surface area contributed by atoms with E-state index in [-0.39, 0.29) is 6.42 Å². The van der Waals surface area contributed by atoms with Gasteiger partial charge in [0, 0.05) is 6.42 Å². The zero-order valence-electron chi connectivity index (χ0n) is 8.25. The summed E-state index contributed by atoms with van der Waals surface area (Å²) in [4.78, 5) is 23.9. The van der Waals surface area contributed by atoms with E-state index in [1.807, 2.05) is 6.07 Å². The highest BCUT2D eigenvalue weighted by Crippen LogP contribution is 2.08. The number of rotatable bonds is 4. The molecule has 0 aromatic heterocycles. The number of aliphatic imine (C=N–C) groups is 1. The molecule has 0 amide bonds. The maximum Gasteiger partial charge on any atom is 0.329 e. The fourth-order valence-corrected chi connectivity index (χ4v) is 1.19. The lowest BCUT2D eigenvalue weighted by Crippen LogP contribution is -2.20. The zero-order valence-corrected chi connectivity index (χ0v) is 8.25. The van der Waals surface area contributed by atoms with Crippen molar-refractivity contribution in [3.8, 4) is 6.07 Å². The van der Waals surface area contributed by atoms with Crippen LogP contribution in [0.15, 0.2) is 29.3 Å². The van der Waals surface area contributed by atoms with Gasteiger partial charge in [-0.2, -0.15) is 10.3 Å². The molecule has 0 radical (unpaired) electrons. The first-order valence-electron chi connectivity index (χ1n) is 4.46. The summed E-state index contributed by atoms with van der Waals surface area (Å²) in [5, 5.41) is 17.3. The van der Waals surface area contributed by atoms with Crippen LogP contribution in [0.5, 0.6) is 0 Å². The van der Waals surface area contributed by atoms with Gasteiger partial charge in [0.15, 0.2) is 6.04 Å². The van der Waals surface area contributed by atoms with Gasteiger partial charge in [-0.3, -0.25) is 0 Å². The molecule has 0 saturated heterocycles. The third-order valence-electron chi connectivity index (χ3n) is 2.01. The van der Waals surface area contributed by atoms with E-state index in [1.54, 1.807) is 24.3 Å². The number of nitriles is 1. The number of isocyanates is 1. The van der Waals surface area contributed by atoms with Crippen LogP contribution in [0, 0.1) is 11.3 Å². The number of carbonyl (C=O) groups excluding carboxylic acids is 1. The molecule has 0 aliphatic carbocycles. The van der Waals surface area contributed by atoms with E-state index in [0.717, 1.165) is 0 Å². The molecule has 80 valence electrons. The standard InChI is InChI=1S/C11H8N2O3/c12-6-9-3-1-8(2-4-9)5-10(11(15)16)13-7-14/h1-4,10H,5H2,(H,15,16). The highest BCUT2D eigenvalue weighted by Gasteiger charge is 2.16. The Morgan fingerprint density at radius 1 is 1.44 bits per heavy atom. The molecule has 1 aromatic rings. The zero-order chi connectivity index (χ0) is 12.0. The highest BCUT2D eigenvalue weighted by atomic mass is 16.4. The Morgan fingerprint density at radius 2 is 2.06 bits per heavy atom. The summed E-state index contributed by atoms with van der Waals surface area (Å²) >= 11 is 0. The summed E-state index contributed by atoms with van der Waals surface area (Å²) in [5.41, 5.74) is 1.19. The smallest absolute Gasteiger partial charge is 0.329 e. The van der Waals surface area contributed by atoms with Crippen LogP contribution in [0.2, 0.25) is 0 Å². The van der Waals surface area contributed by atoms with Gasteiger partial charge in [0.1, 0.15) is 0 Å². The molecule has 0 saturated carbocycles. The van der Waals surface area contributed by atoms with Crippen molar-refractivity contribution in [1.29, 1.82) is 5.26 Å². The van der Waals surface area contributed by atoms with E-state index in [1.165, 1.54) is 6.08 Å². The molecular weight excluding hydrogens is 208 g/mol. The lowest BCUT2D eigenvalue weighted by atomic mass is 10.1. The van der Waals surface area contributed by atoms with Crippen molar-refractivity contribution in [3.63, 3.8) is 0 Å². The van der Waals surface area contributed by atoms with E-state index in [9.17, 15) is 9.59 Å². The van der Waals surface area contributed by atoms with Crippen LogP contribution >= 0.6 is 0 Å². The lowest BCUT2D eigenvalue weighted by Gasteiger charge is -2.05. The highest BCUT2D eigenvalue weighted by molar-refractivity contribution is 5.75. The number of nitrogens with zero attached hydrogens (tertiary/aromatic N) is 2. The predicted octanol–water partition coefficient (Wildman–Crippen LogP) is 0.890. The lowest BCUT2D eigenvalue weighted by molar-refractivity contribution is -0.138. The van der Waals surface area contributed by atoms with Crippen LogP contribution in [0.1, 0.15) is 11.1 Å². The molecule has 0 bridgehead atoms. The average molecular weight is 216 g/mol. The Bertz CT molecular complexity index is 465. The van der Waals surface area contributed by atoms with Crippen LogP contribution in [0.3, 0.4) is 0 Å². The number of hydrogen-bond donors (Lipinski definition) is 1. The molecule has 1 atom stereocenters. The summed E-state index contributed by atoms with van der Waals surface area (Å²) in [5.74, 6) is -1.17. The Labute approximate surface area is 91.7 Å². The third-order valence-corrected chi connectivity index (χ3v) is 2.01. The van der Waals surface area contributed by atoms with Crippen LogP contribution in [-0.4, -0.2) is 23.2 Å². The van der Waals surface area contributed by atoms with Crippen LogP contribution in [0.25, 0.3) is 0 Å². The van der Waals surface area contributed by atoms with Crippen molar-refractivity contribution < 1.29 is 14.7 Å². The summed E-state index contributed by atoms with van der Waals surface area (Å²) < 4.78 is 0. The second-order valence-electron chi connectivity index (χ2n) is 3.09. The summed E-state index contributed by atoms with van der Waals surface area (Å²) in [7, 11) is 0. The molecule has 0 spiro atoms. The second kappa shape index (κ2) is 5.44.